The summed E-state index contributed by atoms with van der Waals surface area (Å²) in [5.41, 5.74) is 1.10. The number of benzene rings is 2. The van der Waals surface area contributed by atoms with E-state index in [4.69, 9.17) is 21.1 Å². The van der Waals surface area contributed by atoms with E-state index in [0.29, 0.717) is 23.1 Å². The molecular weight excluding hydrogens is 464 g/mol. The topological polar surface area (TPSA) is 76.2 Å². The number of amides is 1. The van der Waals surface area contributed by atoms with Gasteiger partial charge in [0, 0.05) is 24.7 Å². The van der Waals surface area contributed by atoms with Crippen LogP contribution in [-0.4, -0.2) is 63.9 Å². The van der Waals surface area contributed by atoms with Crippen molar-refractivity contribution in [2.45, 2.75) is 43.0 Å². The molecule has 1 unspecified atom stereocenters. The second-order valence-electron chi connectivity index (χ2n) is 8.18. The molecule has 0 radical (unpaired) electrons. The largest absolute Gasteiger partial charge is 0.493 e. The number of rotatable bonds is 9. The Morgan fingerprint density at radius 2 is 1.79 bits per heavy atom. The van der Waals surface area contributed by atoms with Gasteiger partial charge in [-0.2, -0.15) is 4.31 Å². The van der Waals surface area contributed by atoms with Gasteiger partial charge in [-0.15, -0.1) is 0 Å². The third-order valence-corrected chi connectivity index (χ3v) is 8.11. The molecule has 1 amide bonds. The van der Waals surface area contributed by atoms with Crippen molar-refractivity contribution in [3.8, 4) is 11.5 Å². The summed E-state index contributed by atoms with van der Waals surface area (Å²) in [4.78, 5) is 15.1. The predicted octanol–water partition coefficient (Wildman–Crippen LogP) is 3.99. The summed E-state index contributed by atoms with van der Waals surface area (Å²) in [6.07, 6.45) is 4.47. The van der Waals surface area contributed by atoms with Gasteiger partial charge in [-0.05, 0) is 74.1 Å². The predicted molar refractivity (Wildman–Crippen MR) is 128 cm³/mol. The number of likely N-dealkylation sites (tertiary alicyclic amines) is 1. The molecule has 1 heterocycles. The molecule has 33 heavy (non-hydrogen) atoms. The highest BCUT2D eigenvalue weighted by Crippen LogP contribution is 2.29. The summed E-state index contributed by atoms with van der Waals surface area (Å²) in [5.74, 6) is 1.19. The van der Waals surface area contributed by atoms with Crippen LogP contribution in [0.4, 0.5) is 0 Å². The molecule has 0 aliphatic carbocycles. The Balaban J connectivity index is 1.65. The molecular formula is C24H31ClN2O5S. The number of likely N-dealkylation sites (N-methyl/N-ethyl adjacent to an activating group) is 1. The number of halogens is 1. The van der Waals surface area contributed by atoms with Gasteiger partial charge < -0.3 is 14.4 Å². The zero-order valence-corrected chi connectivity index (χ0v) is 20.9. The second-order valence-corrected chi connectivity index (χ2v) is 10.7. The van der Waals surface area contributed by atoms with Gasteiger partial charge >= 0.3 is 0 Å². The summed E-state index contributed by atoms with van der Waals surface area (Å²) in [6.45, 7) is 0.447. The highest BCUT2D eigenvalue weighted by Gasteiger charge is 2.30. The van der Waals surface area contributed by atoms with Crippen LogP contribution in [0.3, 0.4) is 0 Å². The van der Waals surface area contributed by atoms with E-state index in [1.165, 1.54) is 31.3 Å². The molecule has 2 aromatic carbocycles. The van der Waals surface area contributed by atoms with Crippen molar-refractivity contribution in [1.29, 1.82) is 0 Å². The van der Waals surface area contributed by atoms with E-state index in [1.807, 2.05) is 23.1 Å². The Morgan fingerprint density at radius 1 is 1.09 bits per heavy atom. The first-order valence-electron chi connectivity index (χ1n) is 11.0. The molecule has 0 bridgehead atoms. The van der Waals surface area contributed by atoms with Gasteiger partial charge in [0.1, 0.15) is 0 Å². The Hall–Kier alpha value is -2.29. The van der Waals surface area contributed by atoms with E-state index in [9.17, 15) is 13.2 Å². The summed E-state index contributed by atoms with van der Waals surface area (Å²) in [7, 11) is 0.873. The maximum Gasteiger partial charge on any atom is 0.243 e. The molecule has 1 aliphatic heterocycles. The summed E-state index contributed by atoms with van der Waals surface area (Å²) >= 11 is 5.87. The first-order chi connectivity index (χ1) is 15.8. The van der Waals surface area contributed by atoms with E-state index in [1.54, 1.807) is 14.2 Å². The van der Waals surface area contributed by atoms with Crippen LogP contribution in [-0.2, 0) is 21.2 Å². The van der Waals surface area contributed by atoms with Crippen LogP contribution in [0.15, 0.2) is 47.4 Å². The minimum atomic E-state index is -3.78. The lowest BCUT2D eigenvalue weighted by molar-refractivity contribution is -0.135. The van der Waals surface area contributed by atoms with E-state index in [-0.39, 0.29) is 23.4 Å². The van der Waals surface area contributed by atoms with Gasteiger partial charge in [0.2, 0.25) is 15.9 Å². The van der Waals surface area contributed by atoms with Crippen molar-refractivity contribution in [2.24, 2.45) is 0 Å². The SMILES string of the molecule is COc1ccc(CCC2CCCCN2C(=O)CN(C)S(=O)(=O)c2ccc(Cl)cc2)cc1OC. The van der Waals surface area contributed by atoms with Crippen molar-refractivity contribution in [2.75, 3.05) is 34.4 Å². The van der Waals surface area contributed by atoms with Crippen molar-refractivity contribution < 1.29 is 22.7 Å². The maximum atomic E-state index is 13.1. The van der Waals surface area contributed by atoms with Crippen LogP contribution in [0, 0.1) is 0 Å². The van der Waals surface area contributed by atoms with E-state index < -0.39 is 10.0 Å². The van der Waals surface area contributed by atoms with E-state index >= 15 is 0 Å². The number of sulfonamides is 1. The number of methoxy groups -OCH3 is 2. The molecule has 1 fully saturated rings. The number of hydrogen-bond donors (Lipinski definition) is 0. The number of carbonyl (C=O) groups is 1. The Kier molecular flexibility index (Phi) is 8.62. The number of carbonyl (C=O) groups excluding carboxylic acids is 1. The monoisotopic (exact) mass is 494 g/mol. The number of ether oxygens (including phenoxy) is 2. The molecule has 0 aromatic heterocycles. The van der Waals surface area contributed by atoms with Crippen molar-refractivity contribution in [1.82, 2.24) is 9.21 Å². The Labute approximate surface area is 201 Å². The standard InChI is InChI=1S/C24H31ClN2O5S/c1-26(33(29,30)21-12-9-19(25)10-13-21)17-24(28)27-15-5-4-6-20(27)11-7-18-8-14-22(31-2)23(16-18)32-3/h8-10,12-14,16,20H,4-7,11,15,17H2,1-3H3. The third-order valence-electron chi connectivity index (χ3n) is 6.04. The zero-order chi connectivity index (χ0) is 24.0. The molecule has 0 saturated carbocycles. The zero-order valence-electron chi connectivity index (χ0n) is 19.3. The van der Waals surface area contributed by atoms with E-state index in [2.05, 4.69) is 0 Å². The average Bonchev–Trinajstić information content (AvgIpc) is 2.82. The van der Waals surface area contributed by atoms with Gasteiger partial charge in [-0.3, -0.25) is 4.79 Å². The first kappa shape index (κ1) is 25.3. The second kappa shape index (κ2) is 11.2. The van der Waals surface area contributed by atoms with Crippen LogP contribution in [0.1, 0.15) is 31.2 Å². The fourth-order valence-corrected chi connectivity index (χ4v) is 5.40. The molecule has 2 aromatic rings. The van der Waals surface area contributed by atoms with Gasteiger partial charge in [0.15, 0.2) is 11.5 Å². The Bertz CT molecular complexity index is 1060. The molecule has 0 spiro atoms. The van der Waals surface area contributed by atoms with Crippen LogP contribution in [0.2, 0.25) is 5.02 Å². The number of hydrogen-bond acceptors (Lipinski definition) is 5. The number of piperidine rings is 1. The van der Waals surface area contributed by atoms with Crippen molar-refractivity contribution in [3.63, 3.8) is 0 Å². The lowest BCUT2D eigenvalue weighted by atomic mass is 9.95. The Morgan fingerprint density at radius 3 is 2.45 bits per heavy atom. The molecule has 7 nitrogen and oxygen atoms in total. The van der Waals surface area contributed by atoms with Crippen LogP contribution < -0.4 is 9.47 Å². The minimum absolute atomic E-state index is 0.0750. The van der Waals surface area contributed by atoms with Gasteiger partial charge in [-0.25, -0.2) is 8.42 Å². The lowest BCUT2D eigenvalue weighted by Gasteiger charge is -2.37. The molecule has 3 rings (SSSR count). The van der Waals surface area contributed by atoms with Crippen molar-refractivity contribution >= 4 is 27.5 Å². The summed E-state index contributed by atoms with van der Waals surface area (Å²) in [5, 5.41) is 0.457. The van der Waals surface area contributed by atoms with Gasteiger partial charge in [-0.1, -0.05) is 17.7 Å². The molecule has 1 atom stereocenters. The lowest BCUT2D eigenvalue weighted by Crippen LogP contribution is -2.48. The molecule has 1 saturated heterocycles. The maximum absolute atomic E-state index is 13.1. The quantitative estimate of drug-likeness (QED) is 0.526. The fourth-order valence-electron chi connectivity index (χ4n) is 4.15. The molecule has 1 aliphatic rings. The molecule has 9 heteroatoms. The fraction of sp³-hybridized carbons (Fsp3) is 0.458. The van der Waals surface area contributed by atoms with E-state index in [0.717, 1.165) is 42.0 Å². The van der Waals surface area contributed by atoms with Gasteiger partial charge in [0.05, 0.1) is 25.7 Å². The van der Waals surface area contributed by atoms with Gasteiger partial charge in [0.25, 0.3) is 0 Å². The smallest absolute Gasteiger partial charge is 0.243 e. The number of aryl methyl sites for hydroxylation is 1. The third kappa shape index (κ3) is 6.19. The highest BCUT2D eigenvalue weighted by atomic mass is 35.5. The van der Waals surface area contributed by atoms with Crippen LogP contribution in [0.25, 0.3) is 0 Å². The number of nitrogens with zero attached hydrogens (tertiary/aromatic N) is 2. The first-order valence-corrected chi connectivity index (χ1v) is 12.8. The van der Waals surface area contributed by atoms with Crippen LogP contribution >= 0.6 is 11.6 Å². The van der Waals surface area contributed by atoms with Crippen molar-refractivity contribution in [3.05, 3.63) is 53.1 Å². The summed E-state index contributed by atoms with van der Waals surface area (Å²) in [6, 6.07) is 11.9. The highest BCUT2D eigenvalue weighted by molar-refractivity contribution is 7.89. The minimum Gasteiger partial charge on any atom is -0.493 e. The molecule has 180 valence electrons. The summed E-state index contributed by atoms with van der Waals surface area (Å²) < 4.78 is 37.5. The normalized spacial score (nSPS) is 16.6. The van der Waals surface area contributed by atoms with Crippen LogP contribution in [0.5, 0.6) is 11.5 Å². The molecule has 0 N–H and O–H groups in total. The average molecular weight is 495 g/mol.